The number of hydrogen-bond donors (Lipinski definition) is 1. The lowest BCUT2D eigenvalue weighted by Crippen LogP contribution is -2.12. The first-order chi connectivity index (χ1) is 10.2. The van der Waals surface area contributed by atoms with Gasteiger partial charge in [-0.25, -0.2) is 0 Å². The molecule has 0 radical (unpaired) electrons. The molecule has 1 N–H and O–H groups in total. The lowest BCUT2D eigenvalue weighted by molar-refractivity contribution is 0.361. The molecule has 0 aromatic heterocycles. The van der Waals surface area contributed by atoms with Crippen LogP contribution < -0.4 is 10.1 Å². The van der Waals surface area contributed by atoms with E-state index in [4.69, 9.17) is 4.74 Å². The Labute approximate surface area is 127 Å². The lowest BCUT2D eigenvalue weighted by Gasteiger charge is -2.13. The van der Waals surface area contributed by atoms with Gasteiger partial charge in [-0.3, -0.25) is 0 Å². The minimum absolute atomic E-state index is 0.357. The van der Waals surface area contributed by atoms with Gasteiger partial charge in [0, 0.05) is 6.04 Å². The highest BCUT2D eigenvalue weighted by Gasteiger charge is 2.05. The van der Waals surface area contributed by atoms with Crippen LogP contribution >= 0.6 is 0 Å². The molecule has 0 fully saturated rings. The zero-order valence-corrected chi connectivity index (χ0v) is 13.0. The number of ether oxygens (including phenoxy) is 1. The molecule has 2 aromatic carbocycles. The van der Waals surface area contributed by atoms with Crippen molar-refractivity contribution in [1.29, 1.82) is 0 Å². The Morgan fingerprint density at radius 1 is 1.14 bits per heavy atom. The molecule has 2 nitrogen and oxygen atoms in total. The zero-order valence-electron chi connectivity index (χ0n) is 13.0. The smallest absolute Gasteiger partial charge is 0.122 e. The summed E-state index contributed by atoms with van der Waals surface area (Å²) in [7, 11) is 1.97. The van der Waals surface area contributed by atoms with Gasteiger partial charge in [0.2, 0.25) is 0 Å². The third kappa shape index (κ3) is 4.47. The zero-order chi connectivity index (χ0) is 15.1. The van der Waals surface area contributed by atoms with Gasteiger partial charge in [-0.2, -0.15) is 0 Å². The molecular formula is C19H23NO. The number of aryl methyl sites for hydroxylation is 1. The van der Waals surface area contributed by atoms with Gasteiger partial charge >= 0.3 is 0 Å². The standard InChI is InChI=1S/C19H23NO/c1-15-14-18(16(2)20-3)11-12-19(15)21-13-7-10-17-8-5-4-6-9-17/h4-12,14,16,20H,13H2,1-3H3/b10-7+. The molecule has 0 saturated carbocycles. The van der Waals surface area contributed by atoms with E-state index in [0.29, 0.717) is 12.6 Å². The molecule has 1 atom stereocenters. The van der Waals surface area contributed by atoms with Crippen LogP contribution in [0.5, 0.6) is 5.75 Å². The van der Waals surface area contributed by atoms with Crippen LogP contribution in [0.1, 0.15) is 29.7 Å². The molecule has 0 aliphatic heterocycles. The Morgan fingerprint density at radius 2 is 1.90 bits per heavy atom. The Morgan fingerprint density at radius 3 is 2.57 bits per heavy atom. The molecule has 1 unspecified atom stereocenters. The minimum Gasteiger partial charge on any atom is -0.489 e. The highest BCUT2D eigenvalue weighted by atomic mass is 16.5. The summed E-state index contributed by atoms with van der Waals surface area (Å²) in [4.78, 5) is 0. The van der Waals surface area contributed by atoms with Crippen LogP contribution in [0.4, 0.5) is 0 Å². The molecule has 0 spiro atoms. The van der Waals surface area contributed by atoms with E-state index in [2.05, 4.69) is 55.6 Å². The van der Waals surface area contributed by atoms with E-state index in [9.17, 15) is 0 Å². The average molecular weight is 281 g/mol. The van der Waals surface area contributed by atoms with Crippen molar-refractivity contribution < 1.29 is 4.74 Å². The highest BCUT2D eigenvalue weighted by Crippen LogP contribution is 2.22. The van der Waals surface area contributed by atoms with Crippen LogP contribution in [0.2, 0.25) is 0 Å². The van der Waals surface area contributed by atoms with Crippen LogP contribution in [0.25, 0.3) is 6.08 Å². The van der Waals surface area contributed by atoms with Crippen molar-refractivity contribution in [3.05, 3.63) is 71.3 Å². The molecule has 110 valence electrons. The summed E-state index contributed by atoms with van der Waals surface area (Å²) >= 11 is 0. The van der Waals surface area contributed by atoms with Crippen molar-refractivity contribution in [3.63, 3.8) is 0 Å². The highest BCUT2D eigenvalue weighted by molar-refractivity contribution is 5.48. The molecule has 2 rings (SSSR count). The van der Waals surface area contributed by atoms with E-state index >= 15 is 0 Å². The van der Waals surface area contributed by atoms with Crippen LogP contribution in [-0.2, 0) is 0 Å². The van der Waals surface area contributed by atoms with Crippen LogP contribution in [0, 0.1) is 6.92 Å². The van der Waals surface area contributed by atoms with Crippen molar-refractivity contribution in [2.45, 2.75) is 19.9 Å². The molecule has 0 aliphatic rings. The number of hydrogen-bond acceptors (Lipinski definition) is 2. The van der Waals surface area contributed by atoms with Crippen LogP contribution in [0.3, 0.4) is 0 Å². The number of nitrogens with one attached hydrogen (secondary N) is 1. The lowest BCUT2D eigenvalue weighted by atomic mass is 10.1. The first-order valence-corrected chi connectivity index (χ1v) is 7.33. The topological polar surface area (TPSA) is 21.3 Å². The predicted octanol–water partition coefficient (Wildman–Crippen LogP) is 4.37. The Bertz CT molecular complexity index is 590. The van der Waals surface area contributed by atoms with E-state index in [-0.39, 0.29) is 0 Å². The average Bonchev–Trinajstić information content (AvgIpc) is 2.53. The Kier molecular flexibility index (Phi) is 5.59. The van der Waals surface area contributed by atoms with Gasteiger partial charge in [0.25, 0.3) is 0 Å². The maximum atomic E-state index is 5.82. The van der Waals surface area contributed by atoms with Gasteiger partial charge in [-0.05, 0) is 49.7 Å². The summed E-state index contributed by atoms with van der Waals surface area (Å²) in [5, 5.41) is 3.25. The Hall–Kier alpha value is -2.06. The largest absolute Gasteiger partial charge is 0.489 e. The molecule has 21 heavy (non-hydrogen) atoms. The van der Waals surface area contributed by atoms with Crippen molar-refractivity contribution in [1.82, 2.24) is 5.32 Å². The quantitative estimate of drug-likeness (QED) is 0.849. The molecule has 0 bridgehead atoms. The normalized spacial score (nSPS) is 12.5. The van der Waals surface area contributed by atoms with Gasteiger partial charge < -0.3 is 10.1 Å². The van der Waals surface area contributed by atoms with Crippen molar-refractivity contribution >= 4 is 6.08 Å². The monoisotopic (exact) mass is 281 g/mol. The van der Waals surface area contributed by atoms with Gasteiger partial charge in [-0.1, -0.05) is 48.5 Å². The molecule has 0 saturated heterocycles. The van der Waals surface area contributed by atoms with E-state index in [1.807, 2.05) is 31.3 Å². The molecule has 2 aromatic rings. The van der Waals surface area contributed by atoms with Gasteiger partial charge in [0.05, 0.1) is 0 Å². The molecular weight excluding hydrogens is 258 g/mol. The second-order valence-corrected chi connectivity index (χ2v) is 5.16. The van der Waals surface area contributed by atoms with Gasteiger partial charge in [-0.15, -0.1) is 0 Å². The second-order valence-electron chi connectivity index (χ2n) is 5.16. The van der Waals surface area contributed by atoms with Gasteiger partial charge in [0.1, 0.15) is 12.4 Å². The maximum absolute atomic E-state index is 5.82. The van der Waals surface area contributed by atoms with Crippen LogP contribution in [-0.4, -0.2) is 13.7 Å². The maximum Gasteiger partial charge on any atom is 0.122 e. The summed E-state index contributed by atoms with van der Waals surface area (Å²) in [6.45, 7) is 4.82. The first-order valence-electron chi connectivity index (χ1n) is 7.33. The SMILES string of the molecule is CNC(C)c1ccc(OC/C=C/c2ccccc2)c(C)c1. The van der Waals surface area contributed by atoms with E-state index in [1.165, 1.54) is 16.7 Å². The summed E-state index contributed by atoms with van der Waals surface area (Å²) in [6.07, 6.45) is 4.12. The fraction of sp³-hybridized carbons (Fsp3) is 0.263. The third-order valence-electron chi connectivity index (χ3n) is 3.58. The predicted molar refractivity (Wildman–Crippen MR) is 89.6 cm³/mol. The Balaban J connectivity index is 1.93. The van der Waals surface area contributed by atoms with Crippen LogP contribution in [0.15, 0.2) is 54.6 Å². The summed E-state index contributed by atoms with van der Waals surface area (Å²) < 4.78 is 5.82. The van der Waals surface area contributed by atoms with E-state index in [0.717, 1.165) is 5.75 Å². The third-order valence-corrected chi connectivity index (χ3v) is 3.58. The second kappa shape index (κ2) is 7.65. The number of rotatable bonds is 6. The fourth-order valence-electron chi connectivity index (χ4n) is 2.16. The van der Waals surface area contributed by atoms with E-state index < -0.39 is 0 Å². The minimum atomic E-state index is 0.357. The summed E-state index contributed by atoms with van der Waals surface area (Å²) in [5.41, 5.74) is 3.64. The van der Waals surface area contributed by atoms with Crippen molar-refractivity contribution in [3.8, 4) is 5.75 Å². The molecule has 0 heterocycles. The van der Waals surface area contributed by atoms with E-state index in [1.54, 1.807) is 0 Å². The molecule has 0 aliphatic carbocycles. The van der Waals surface area contributed by atoms with Crippen molar-refractivity contribution in [2.24, 2.45) is 0 Å². The van der Waals surface area contributed by atoms with Crippen molar-refractivity contribution in [2.75, 3.05) is 13.7 Å². The summed E-state index contributed by atoms with van der Waals surface area (Å²) in [6, 6.07) is 16.9. The molecule has 0 amide bonds. The number of benzene rings is 2. The summed E-state index contributed by atoms with van der Waals surface area (Å²) in [5.74, 6) is 0.944. The van der Waals surface area contributed by atoms with Gasteiger partial charge in [0.15, 0.2) is 0 Å². The molecule has 2 heteroatoms. The fourth-order valence-corrected chi connectivity index (χ4v) is 2.16. The first kappa shape index (κ1) is 15.3.